The number of rotatable bonds is 4. The summed E-state index contributed by atoms with van der Waals surface area (Å²) in [4.78, 5) is 0. The molecule has 1 aromatic heterocycles. The first-order valence-corrected chi connectivity index (χ1v) is 5.22. The molecule has 0 bridgehead atoms. The molecule has 0 aromatic carbocycles. The molecule has 0 aliphatic heterocycles. The molecule has 1 aromatic rings. The monoisotopic (exact) mass is 212 g/mol. The van der Waals surface area contributed by atoms with Crippen molar-refractivity contribution < 1.29 is 9.84 Å². The highest BCUT2D eigenvalue weighted by Gasteiger charge is 2.21. The number of nitrogens with zero attached hydrogens (tertiary/aromatic N) is 2. The molecule has 4 nitrogen and oxygen atoms in total. The first-order chi connectivity index (χ1) is 6.97. The molecule has 1 heterocycles. The fourth-order valence-electron chi connectivity index (χ4n) is 1.84. The van der Waals surface area contributed by atoms with Crippen LogP contribution in [0.5, 0.6) is 5.88 Å². The van der Waals surface area contributed by atoms with E-state index in [0.717, 1.165) is 17.7 Å². The Morgan fingerprint density at radius 3 is 2.53 bits per heavy atom. The van der Waals surface area contributed by atoms with Gasteiger partial charge in [0.05, 0.1) is 24.5 Å². The molecule has 0 spiro atoms. The fraction of sp³-hybridized carbons (Fsp3) is 0.727. The molecular weight excluding hydrogens is 192 g/mol. The zero-order valence-electron chi connectivity index (χ0n) is 10.1. The second kappa shape index (κ2) is 4.66. The van der Waals surface area contributed by atoms with E-state index in [1.54, 1.807) is 11.8 Å². The SMILES string of the molecule is COc1c(C(O)CC(C)C)c(C)nn1C. The summed E-state index contributed by atoms with van der Waals surface area (Å²) >= 11 is 0. The van der Waals surface area contributed by atoms with Gasteiger partial charge in [0, 0.05) is 7.05 Å². The van der Waals surface area contributed by atoms with Crippen LogP contribution in [-0.4, -0.2) is 22.0 Å². The molecule has 0 aliphatic carbocycles. The lowest BCUT2D eigenvalue weighted by atomic mass is 10.00. The van der Waals surface area contributed by atoms with Gasteiger partial charge < -0.3 is 9.84 Å². The van der Waals surface area contributed by atoms with Crippen molar-refractivity contribution in [3.05, 3.63) is 11.3 Å². The highest BCUT2D eigenvalue weighted by atomic mass is 16.5. The van der Waals surface area contributed by atoms with Gasteiger partial charge in [-0.2, -0.15) is 5.10 Å². The maximum atomic E-state index is 10.1. The van der Waals surface area contributed by atoms with Crippen molar-refractivity contribution >= 4 is 0 Å². The number of aryl methyl sites for hydroxylation is 2. The largest absolute Gasteiger partial charge is 0.481 e. The van der Waals surface area contributed by atoms with Crippen molar-refractivity contribution in [1.29, 1.82) is 0 Å². The molecule has 1 rings (SSSR count). The zero-order chi connectivity index (χ0) is 11.6. The quantitative estimate of drug-likeness (QED) is 0.828. The van der Waals surface area contributed by atoms with E-state index in [4.69, 9.17) is 4.74 Å². The third-order valence-corrected chi connectivity index (χ3v) is 2.44. The van der Waals surface area contributed by atoms with Crippen LogP contribution in [0, 0.1) is 12.8 Å². The number of aromatic nitrogens is 2. The first kappa shape index (κ1) is 12.0. The Morgan fingerprint density at radius 1 is 1.47 bits per heavy atom. The van der Waals surface area contributed by atoms with E-state index < -0.39 is 6.10 Å². The second-order valence-corrected chi connectivity index (χ2v) is 4.28. The van der Waals surface area contributed by atoms with Crippen LogP contribution in [0.1, 0.15) is 37.6 Å². The van der Waals surface area contributed by atoms with Crippen LogP contribution < -0.4 is 4.74 Å². The van der Waals surface area contributed by atoms with Gasteiger partial charge in [0.2, 0.25) is 5.88 Å². The molecule has 1 unspecified atom stereocenters. The molecule has 4 heteroatoms. The maximum absolute atomic E-state index is 10.1. The number of hydrogen-bond acceptors (Lipinski definition) is 3. The topological polar surface area (TPSA) is 47.3 Å². The number of aliphatic hydroxyl groups is 1. The Balaban J connectivity index is 3.01. The van der Waals surface area contributed by atoms with Gasteiger partial charge in [0.15, 0.2) is 0 Å². The van der Waals surface area contributed by atoms with E-state index in [-0.39, 0.29) is 0 Å². The van der Waals surface area contributed by atoms with E-state index in [9.17, 15) is 5.11 Å². The van der Waals surface area contributed by atoms with Crippen molar-refractivity contribution in [2.24, 2.45) is 13.0 Å². The molecule has 1 N–H and O–H groups in total. The summed E-state index contributed by atoms with van der Waals surface area (Å²) in [5.74, 6) is 1.10. The van der Waals surface area contributed by atoms with Gasteiger partial charge in [0.1, 0.15) is 0 Å². The normalized spacial score (nSPS) is 13.3. The molecule has 86 valence electrons. The van der Waals surface area contributed by atoms with Crippen molar-refractivity contribution in [2.75, 3.05) is 7.11 Å². The third-order valence-electron chi connectivity index (χ3n) is 2.44. The Labute approximate surface area is 90.9 Å². The Kier molecular flexibility index (Phi) is 3.74. The Morgan fingerprint density at radius 2 is 2.07 bits per heavy atom. The molecule has 0 fully saturated rings. The van der Waals surface area contributed by atoms with Gasteiger partial charge in [-0.05, 0) is 19.3 Å². The zero-order valence-corrected chi connectivity index (χ0v) is 10.1. The van der Waals surface area contributed by atoms with Crippen molar-refractivity contribution in [3.8, 4) is 5.88 Å². The Bertz CT molecular complexity index is 332. The predicted octanol–water partition coefficient (Wildman–Crippen LogP) is 1.82. The van der Waals surface area contributed by atoms with Crippen LogP contribution in [0.15, 0.2) is 0 Å². The maximum Gasteiger partial charge on any atom is 0.217 e. The lowest BCUT2D eigenvalue weighted by molar-refractivity contribution is 0.146. The average Bonchev–Trinajstić information content (AvgIpc) is 2.38. The van der Waals surface area contributed by atoms with Crippen LogP contribution in [0.2, 0.25) is 0 Å². The molecule has 0 saturated carbocycles. The summed E-state index contributed by atoms with van der Waals surface area (Å²) in [6.07, 6.45) is 0.233. The predicted molar refractivity (Wildman–Crippen MR) is 58.9 cm³/mol. The molecule has 0 aliphatic rings. The lowest BCUT2D eigenvalue weighted by Gasteiger charge is -2.14. The average molecular weight is 212 g/mol. The van der Waals surface area contributed by atoms with Gasteiger partial charge >= 0.3 is 0 Å². The first-order valence-electron chi connectivity index (χ1n) is 5.22. The van der Waals surface area contributed by atoms with Crippen molar-refractivity contribution in [2.45, 2.75) is 33.3 Å². The minimum Gasteiger partial charge on any atom is -0.481 e. The Hall–Kier alpha value is -1.03. The number of hydrogen-bond donors (Lipinski definition) is 1. The second-order valence-electron chi connectivity index (χ2n) is 4.28. The molecule has 0 saturated heterocycles. The van der Waals surface area contributed by atoms with Crippen LogP contribution >= 0.6 is 0 Å². The standard InChI is InChI=1S/C11H20N2O2/c1-7(2)6-9(14)10-8(3)12-13(4)11(10)15-5/h7,9,14H,6H2,1-5H3. The van der Waals surface area contributed by atoms with Crippen LogP contribution in [0.25, 0.3) is 0 Å². The number of methoxy groups -OCH3 is 1. The summed E-state index contributed by atoms with van der Waals surface area (Å²) in [5, 5.41) is 14.3. The van der Waals surface area contributed by atoms with E-state index in [2.05, 4.69) is 18.9 Å². The lowest BCUT2D eigenvalue weighted by Crippen LogP contribution is -2.05. The summed E-state index contributed by atoms with van der Waals surface area (Å²) in [5.41, 5.74) is 1.65. The summed E-state index contributed by atoms with van der Waals surface area (Å²) in [6, 6.07) is 0. The van der Waals surface area contributed by atoms with Crippen LogP contribution in [0.3, 0.4) is 0 Å². The number of aliphatic hydroxyl groups excluding tert-OH is 1. The van der Waals surface area contributed by atoms with E-state index in [1.807, 2.05) is 14.0 Å². The number of ether oxygens (including phenoxy) is 1. The summed E-state index contributed by atoms with van der Waals surface area (Å²) < 4.78 is 6.90. The van der Waals surface area contributed by atoms with Gasteiger partial charge in [-0.25, -0.2) is 4.68 Å². The van der Waals surface area contributed by atoms with E-state index in [1.165, 1.54) is 0 Å². The highest BCUT2D eigenvalue weighted by Crippen LogP contribution is 2.31. The van der Waals surface area contributed by atoms with Crippen LogP contribution in [0.4, 0.5) is 0 Å². The molecule has 0 amide bonds. The van der Waals surface area contributed by atoms with Crippen LogP contribution in [-0.2, 0) is 7.05 Å². The smallest absolute Gasteiger partial charge is 0.217 e. The van der Waals surface area contributed by atoms with Crippen molar-refractivity contribution in [3.63, 3.8) is 0 Å². The molecule has 15 heavy (non-hydrogen) atoms. The minimum absolute atomic E-state index is 0.448. The van der Waals surface area contributed by atoms with E-state index >= 15 is 0 Å². The van der Waals surface area contributed by atoms with Gasteiger partial charge in [0.25, 0.3) is 0 Å². The van der Waals surface area contributed by atoms with Gasteiger partial charge in [-0.3, -0.25) is 0 Å². The third kappa shape index (κ3) is 2.50. The molecular formula is C11H20N2O2. The van der Waals surface area contributed by atoms with E-state index in [0.29, 0.717) is 11.8 Å². The van der Waals surface area contributed by atoms with Gasteiger partial charge in [-0.15, -0.1) is 0 Å². The van der Waals surface area contributed by atoms with Crippen molar-refractivity contribution in [1.82, 2.24) is 9.78 Å². The molecule has 0 radical (unpaired) electrons. The fourth-order valence-corrected chi connectivity index (χ4v) is 1.84. The highest BCUT2D eigenvalue weighted by molar-refractivity contribution is 5.33. The summed E-state index contributed by atoms with van der Waals surface area (Å²) in [6.45, 7) is 6.06. The summed E-state index contributed by atoms with van der Waals surface area (Å²) in [7, 11) is 3.42. The minimum atomic E-state index is -0.492. The van der Waals surface area contributed by atoms with Gasteiger partial charge in [-0.1, -0.05) is 13.8 Å². The molecule has 1 atom stereocenters.